The summed E-state index contributed by atoms with van der Waals surface area (Å²) < 4.78 is 0. The molecule has 0 aliphatic heterocycles. The number of hydrogen-bond acceptors (Lipinski definition) is 2. The number of rotatable bonds is 9. The molecule has 0 bridgehead atoms. The highest BCUT2D eigenvalue weighted by molar-refractivity contribution is 5.76. The molecule has 1 atom stereocenters. The van der Waals surface area contributed by atoms with Gasteiger partial charge in [-0.25, -0.2) is 0 Å². The van der Waals surface area contributed by atoms with Gasteiger partial charge in [0.15, 0.2) is 0 Å². The highest BCUT2D eigenvalue weighted by atomic mass is 16.2. The second-order valence-corrected chi connectivity index (χ2v) is 4.41. The Morgan fingerprint density at radius 1 is 1.41 bits per heavy atom. The first kappa shape index (κ1) is 16.0. The van der Waals surface area contributed by atoms with Crippen LogP contribution in [0.5, 0.6) is 0 Å². The van der Waals surface area contributed by atoms with E-state index in [0.717, 1.165) is 32.2 Å². The molecule has 1 unspecified atom stereocenters. The van der Waals surface area contributed by atoms with Gasteiger partial charge < -0.3 is 10.6 Å². The first-order chi connectivity index (χ1) is 8.19. The minimum atomic E-state index is 0.181. The maximum Gasteiger partial charge on any atom is 0.223 e. The summed E-state index contributed by atoms with van der Waals surface area (Å²) in [4.78, 5) is 13.7. The van der Waals surface area contributed by atoms with Gasteiger partial charge in [0.25, 0.3) is 0 Å². The van der Waals surface area contributed by atoms with Crippen LogP contribution in [0.3, 0.4) is 0 Å². The Morgan fingerprint density at radius 3 is 2.59 bits per heavy atom. The minimum Gasteiger partial charge on any atom is -0.332 e. The van der Waals surface area contributed by atoms with E-state index in [4.69, 9.17) is 12.2 Å². The maximum atomic E-state index is 11.9. The van der Waals surface area contributed by atoms with E-state index in [2.05, 4.69) is 19.8 Å². The molecule has 0 heterocycles. The van der Waals surface area contributed by atoms with Crippen LogP contribution in [0.15, 0.2) is 0 Å². The van der Waals surface area contributed by atoms with Crippen LogP contribution in [0.1, 0.15) is 46.0 Å². The van der Waals surface area contributed by atoms with E-state index in [1.807, 2.05) is 0 Å². The molecule has 2 N–H and O–H groups in total. The summed E-state index contributed by atoms with van der Waals surface area (Å²) in [5.74, 6) is 3.29. The van der Waals surface area contributed by atoms with E-state index in [-0.39, 0.29) is 5.91 Å². The van der Waals surface area contributed by atoms with Crippen molar-refractivity contribution in [2.24, 2.45) is 11.7 Å². The van der Waals surface area contributed by atoms with Gasteiger partial charge in [-0.15, -0.1) is 6.42 Å². The summed E-state index contributed by atoms with van der Waals surface area (Å²) in [6.45, 7) is 6.10. The normalized spacial score (nSPS) is 11.9. The molecule has 0 aromatic carbocycles. The van der Waals surface area contributed by atoms with Crippen LogP contribution in [0.2, 0.25) is 0 Å². The largest absolute Gasteiger partial charge is 0.332 e. The molecule has 0 aromatic rings. The van der Waals surface area contributed by atoms with Gasteiger partial charge >= 0.3 is 0 Å². The van der Waals surface area contributed by atoms with Crippen molar-refractivity contribution >= 4 is 5.91 Å². The van der Waals surface area contributed by atoms with Crippen LogP contribution in [-0.2, 0) is 4.79 Å². The fourth-order valence-electron chi connectivity index (χ4n) is 1.95. The molecule has 0 aliphatic carbocycles. The first-order valence-electron chi connectivity index (χ1n) is 6.60. The number of amides is 1. The zero-order valence-corrected chi connectivity index (χ0v) is 11.2. The monoisotopic (exact) mass is 238 g/mol. The topological polar surface area (TPSA) is 46.3 Å². The molecule has 98 valence electrons. The van der Waals surface area contributed by atoms with Gasteiger partial charge in [0.05, 0.1) is 6.54 Å². The zero-order chi connectivity index (χ0) is 13.1. The fraction of sp³-hybridized carbons (Fsp3) is 0.786. The number of nitrogens with zero attached hydrogens (tertiary/aromatic N) is 1. The standard InChI is InChI=1S/C14H26N2O/c1-4-11-16(12-5-2)14(17)8-7-13(6-3)9-10-15/h1,13H,5-12,15H2,2-3H3. The van der Waals surface area contributed by atoms with Crippen molar-refractivity contribution < 1.29 is 4.79 Å². The Balaban J connectivity index is 4.07. The average molecular weight is 238 g/mol. The SMILES string of the molecule is C#CCN(CCC)C(=O)CCC(CC)CCN. The molecule has 1 amide bonds. The summed E-state index contributed by atoms with van der Waals surface area (Å²) in [6, 6.07) is 0. The fourth-order valence-corrected chi connectivity index (χ4v) is 1.95. The number of terminal acetylenes is 1. The molecule has 3 nitrogen and oxygen atoms in total. The number of carbonyl (C=O) groups excluding carboxylic acids is 1. The second kappa shape index (κ2) is 10.2. The molecule has 0 radical (unpaired) electrons. The van der Waals surface area contributed by atoms with Gasteiger partial charge in [0.1, 0.15) is 0 Å². The molecule has 0 rings (SSSR count). The van der Waals surface area contributed by atoms with Gasteiger partial charge in [0.2, 0.25) is 5.91 Å². The minimum absolute atomic E-state index is 0.181. The summed E-state index contributed by atoms with van der Waals surface area (Å²) in [5.41, 5.74) is 5.54. The van der Waals surface area contributed by atoms with Crippen LogP contribution < -0.4 is 5.73 Å². The molecule has 17 heavy (non-hydrogen) atoms. The van der Waals surface area contributed by atoms with Gasteiger partial charge in [-0.2, -0.15) is 0 Å². The molecule has 0 spiro atoms. The van der Waals surface area contributed by atoms with Crippen molar-refractivity contribution in [2.45, 2.75) is 46.0 Å². The Hall–Kier alpha value is -1.01. The summed E-state index contributed by atoms with van der Waals surface area (Å²) >= 11 is 0. The molecule has 3 heteroatoms. The number of nitrogens with two attached hydrogens (primary N) is 1. The average Bonchev–Trinajstić information content (AvgIpc) is 2.33. The number of hydrogen-bond donors (Lipinski definition) is 1. The lowest BCUT2D eigenvalue weighted by molar-refractivity contribution is -0.130. The van der Waals surface area contributed by atoms with E-state index >= 15 is 0 Å². The van der Waals surface area contributed by atoms with Crippen LogP contribution in [0.25, 0.3) is 0 Å². The van der Waals surface area contributed by atoms with Crippen molar-refractivity contribution in [3.8, 4) is 12.3 Å². The Morgan fingerprint density at radius 2 is 2.12 bits per heavy atom. The third-order valence-corrected chi connectivity index (χ3v) is 3.05. The van der Waals surface area contributed by atoms with Crippen molar-refractivity contribution in [3.05, 3.63) is 0 Å². The van der Waals surface area contributed by atoms with Crippen LogP contribution in [-0.4, -0.2) is 30.4 Å². The van der Waals surface area contributed by atoms with E-state index in [1.165, 1.54) is 0 Å². The molecular weight excluding hydrogens is 212 g/mol. The Labute approximate surface area is 106 Å². The predicted molar refractivity (Wildman–Crippen MR) is 72.4 cm³/mol. The summed E-state index contributed by atoms with van der Waals surface area (Å²) in [6.07, 6.45) is 9.84. The van der Waals surface area contributed by atoms with Crippen molar-refractivity contribution in [2.75, 3.05) is 19.6 Å². The highest BCUT2D eigenvalue weighted by Gasteiger charge is 2.13. The quantitative estimate of drug-likeness (QED) is 0.625. The Kier molecular flexibility index (Phi) is 9.56. The highest BCUT2D eigenvalue weighted by Crippen LogP contribution is 2.15. The molecule has 0 fully saturated rings. The molecule has 0 saturated heterocycles. The van der Waals surface area contributed by atoms with Crippen LogP contribution in [0.4, 0.5) is 0 Å². The second-order valence-electron chi connectivity index (χ2n) is 4.41. The van der Waals surface area contributed by atoms with Crippen molar-refractivity contribution in [1.29, 1.82) is 0 Å². The number of carbonyl (C=O) groups is 1. The van der Waals surface area contributed by atoms with Gasteiger partial charge in [-0.1, -0.05) is 26.2 Å². The lowest BCUT2D eigenvalue weighted by Crippen LogP contribution is -2.32. The van der Waals surface area contributed by atoms with Gasteiger partial charge in [-0.05, 0) is 31.7 Å². The van der Waals surface area contributed by atoms with Gasteiger partial charge in [-0.3, -0.25) is 4.79 Å². The van der Waals surface area contributed by atoms with Gasteiger partial charge in [0, 0.05) is 13.0 Å². The van der Waals surface area contributed by atoms with E-state index in [9.17, 15) is 4.79 Å². The lowest BCUT2D eigenvalue weighted by atomic mass is 9.96. The molecule has 0 saturated carbocycles. The molecule has 0 aromatic heterocycles. The molecule has 0 aliphatic rings. The van der Waals surface area contributed by atoms with Crippen LogP contribution >= 0.6 is 0 Å². The third-order valence-electron chi connectivity index (χ3n) is 3.05. The third kappa shape index (κ3) is 7.01. The van der Waals surface area contributed by atoms with Crippen molar-refractivity contribution in [3.63, 3.8) is 0 Å². The summed E-state index contributed by atoms with van der Waals surface area (Å²) in [5, 5.41) is 0. The molecular formula is C14H26N2O. The smallest absolute Gasteiger partial charge is 0.223 e. The zero-order valence-electron chi connectivity index (χ0n) is 11.2. The van der Waals surface area contributed by atoms with E-state index < -0.39 is 0 Å². The van der Waals surface area contributed by atoms with E-state index in [1.54, 1.807) is 4.90 Å². The maximum absolute atomic E-state index is 11.9. The lowest BCUT2D eigenvalue weighted by Gasteiger charge is -2.21. The predicted octanol–water partition coefficient (Wildman–Crippen LogP) is 2.01. The Bertz CT molecular complexity index is 245. The van der Waals surface area contributed by atoms with Crippen molar-refractivity contribution in [1.82, 2.24) is 4.90 Å². The first-order valence-corrected chi connectivity index (χ1v) is 6.60. The van der Waals surface area contributed by atoms with E-state index in [0.29, 0.717) is 25.4 Å². The summed E-state index contributed by atoms with van der Waals surface area (Å²) in [7, 11) is 0. The van der Waals surface area contributed by atoms with Crippen LogP contribution in [0, 0.1) is 18.3 Å².